The zero-order valence-corrected chi connectivity index (χ0v) is 17.5. The summed E-state index contributed by atoms with van der Waals surface area (Å²) in [7, 11) is 0. The first-order chi connectivity index (χ1) is 14.8. The maximum atomic E-state index is 11.9. The first-order valence-electron chi connectivity index (χ1n) is 9.14. The number of aryl methyl sites for hydroxylation is 1. The average Bonchev–Trinajstić information content (AvgIpc) is 2.71. The molecule has 0 aromatic carbocycles. The molecule has 0 aliphatic rings. The van der Waals surface area contributed by atoms with Crippen LogP contribution in [0.5, 0.6) is 11.8 Å². The van der Waals surface area contributed by atoms with Crippen molar-refractivity contribution in [2.75, 3.05) is 13.2 Å². The molecule has 0 bridgehead atoms. The smallest absolute Gasteiger partial charge is 0.422 e. The van der Waals surface area contributed by atoms with E-state index in [4.69, 9.17) is 5.73 Å². The third-order valence-corrected chi connectivity index (χ3v) is 2.92. The van der Waals surface area contributed by atoms with Crippen molar-refractivity contribution in [1.82, 2.24) is 15.3 Å². The Labute approximate surface area is 180 Å². The summed E-state index contributed by atoms with van der Waals surface area (Å²) in [6.45, 7) is 3.14. The number of carbonyl (C=O) groups is 1. The predicted molar refractivity (Wildman–Crippen MR) is 104 cm³/mol. The molecule has 0 saturated heterocycles. The Hall–Kier alpha value is -3.25. The van der Waals surface area contributed by atoms with Gasteiger partial charge in [-0.3, -0.25) is 0 Å². The SMILES string of the molecule is CC.Cc1ccnc(OCC(F)(F)F)c1.NC(=O)NCc1ccnc(OCC(F)(F)F)c1. The highest BCUT2D eigenvalue weighted by molar-refractivity contribution is 5.71. The molecule has 0 aliphatic carbocycles. The zero-order chi connectivity index (χ0) is 24.8. The van der Waals surface area contributed by atoms with E-state index >= 15 is 0 Å². The summed E-state index contributed by atoms with van der Waals surface area (Å²) in [4.78, 5) is 17.7. The van der Waals surface area contributed by atoms with E-state index in [0.717, 1.165) is 5.56 Å². The highest BCUT2D eigenvalue weighted by Crippen LogP contribution is 2.18. The number of aromatic nitrogens is 2. The molecule has 13 heteroatoms. The van der Waals surface area contributed by atoms with Gasteiger partial charge in [0.25, 0.3) is 0 Å². The average molecular weight is 470 g/mol. The molecule has 0 spiro atoms. The monoisotopic (exact) mass is 470 g/mol. The number of ether oxygens (including phenoxy) is 2. The van der Waals surface area contributed by atoms with E-state index in [-0.39, 0.29) is 18.3 Å². The molecule has 2 amide bonds. The summed E-state index contributed by atoms with van der Waals surface area (Å²) >= 11 is 0. The maximum absolute atomic E-state index is 11.9. The molecule has 0 fully saturated rings. The summed E-state index contributed by atoms with van der Waals surface area (Å²) in [5, 5.41) is 2.29. The van der Waals surface area contributed by atoms with Crippen molar-refractivity contribution in [3.63, 3.8) is 0 Å². The highest BCUT2D eigenvalue weighted by atomic mass is 19.4. The number of hydrogen-bond donors (Lipinski definition) is 2. The molecule has 180 valence electrons. The topological polar surface area (TPSA) is 99.4 Å². The van der Waals surface area contributed by atoms with E-state index < -0.39 is 31.6 Å². The Bertz CT molecular complexity index is 816. The van der Waals surface area contributed by atoms with Gasteiger partial charge in [-0.05, 0) is 30.2 Å². The van der Waals surface area contributed by atoms with Crippen LogP contribution in [0.2, 0.25) is 0 Å². The number of carbonyl (C=O) groups excluding carboxylic acids is 1. The van der Waals surface area contributed by atoms with E-state index in [9.17, 15) is 31.1 Å². The fraction of sp³-hybridized carbons (Fsp3) is 0.421. The van der Waals surface area contributed by atoms with Crippen molar-refractivity contribution < 1.29 is 40.6 Å². The van der Waals surface area contributed by atoms with Crippen LogP contribution >= 0.6 is 0 Å². The third-order valence-electron chi connectivity index (χ3n) is 2.92. The number of hydrogen-bond acceptors (Lipinski definition) is 5. The second-order valence-corrected chi connectivity index (χ2v) is 5.70. The van der Waals surface area contributed by atoms with Crippen molar-refractivity contribution in [2.24, 2.45) is 5.73 Å². The van der Waals surface area contributed by atoms with Crippen molar-refractivity contribution in [3.05, 3.63) is 47.8 Å². The van der Waals surface area contributed by atoms with Gasteiger partial charge in [-0.25, -0.2) is 14.8 Å². The predicted octanol–water partition coefficient (Wildman–Crippen LogP) is 4.55. The van der Waals surface area contributed by atoms with E-state index in [1.807, 2.05) is 13.8 Å². The molecular weight excluding hydrogens is 446 g/mol. The van der Waals surface area contributed by atoms with E-state index in [2.05, 4.69) is 24.8 Å². The minimum absolute atomic E-state index is 0.00248. The standard InChI is InChI=1S/C9H10F3N3O2.C8H8F3NO.C2H6/c10-9(11,12)5-17-7-3-6(1-2-14-7)4-15-8(13)16;1-6-2-3-12-7(4-6)13-5-8(9,10)11;1-2/h1-3H,4-5H2,(H3,13,15,16);2-4H,5H2,1H3;1-2H3. The van der Waals surface area contributed by atoms with Gasteiger partial charge in [0.2, 0.25) is 11.8 Å². The van der Waals surface area contributed by atoms with E-state index in [0.29, 0.717) is 5.56 Å². The Morgan fingerprint density at radius 3 is 1.84 bits per heavy atom. The lowest BCUT2D eigenvalue weighted by molar-refractivity contribution is -0.154. The van der Waals surface area contributed by atoms with Crippen LogP contribution in [0, 0.1) is 6.92 Å². The van der Waals surface area contributed by atoms with Crippen LogP contribution < -0.4 is 20.5 Å². The van der Waals surface area contributed by atoms with Crippen molar-refractivity contribution >= 4 is 6.03 Å². The van der Waals surface area contributed by atoms with Crippen LogP contribution in [0.25, 0.3) is 0 Å². The van der Waals surface area contributed by atoms with Crippen LogP contribution in [0.3, 0.4) is 0 Å². The molecule has 2 aromatic heterocycles. The molecule has 2 rings (SSSR count). The quantitative estimate of drug-likeness (QED) is 0.604. The minimum Gasteiger partial charge on any atom is -0.468 e. The number of alkyl halides is 6. The van der Waals surface area contributed by atoms with Gasteiger partial charge in [-0.1, -0.05) is 13.8 Å². The molecule has 7 nitrogen and oxygen atoms in total. The zero-order valence-electron chi connectivity index (χ0n) is 17.5. The fourth-order valence-electron chi connectivity index (χ4n) is 1.73. The van der Waals surface area contributed by atoms with Gasteiger partial charge in [-0.2, -0.15) is 26.3 Å². The van der Waals surface area contributed by atoms with Gasteiger partial charge in [0, 0.05) is 31.1 Å². The Morgan fingerprint density at radius 2 is 1.41 bits per heavy atom. The molecule has 0 radical (unpaired) electrons. The number of urea groups is 1. The number of pyridine rings is 2. The molecule has 0 atom stereocenters. The number of amides is 2. The van der Waals surface area contributed by atoms with Crippen LogP contribution in [0.4, 0.5) is 31.1 Å². The van der Waals surface area contributed by atoms with E-state index in [1.54, 1.807) is 13.0 Å². The molecule has 32 heavy (non-hydrogen) atoms. The van der Waals surface area contributed by atoms with Crippen LogP contribution in [0.1, 0.15) is 25.0 Å². The van der Waals surface area contributed by atoms with Gasteiger partial charge in [-0.15, -0.1) is 0 Å². The van der Waals surface area contributed by atoms with Gasteiger partial charge in [0.05, 0.1) is 0 Å². The molecule has 2 heterocycles. The van der Waals surface area contributed by atoms with Gasteiger partial charge in [0.1, 0.15) is 0 Å². The number of nitrogens with two attached hydrogens (primary N) is 1. The number of rotatable bonds is 6. The number of primary amides is 1. The summed E-state index contributed by atoms with van der Waals surface area (Å²) in [6, 6.07) is 5.23. The lowest BCUT2D eigenvalue weighted by Gasteiger charge is -2.09. The lowest BCUT2D eigenvalue weighted by Crippen LogP contribution is -2.28. The Morgan fingerprint density at radius 1 is 0.938 bits per heavy atom. The second-order valence-electron chi connectivity index (χ2n) is 5.70. The van der Waals surface area contributed by atoms with Gasteiger partial charge in [0.15, 0.2) is 13.2 Å². The molecule has 0 unspecified atom stereocenters. The highest BCUT2D eigenvalue weighted by Gasteiger charge is 2.29. The van der Waals surface area contributed by atoms with Crippen molar-refractivity contribution in [3.8, 4) is 11.8 Å². The molecule has 0 aliphatic heterocycles. The summed E-state index contributed by atoms with van der Waals surface area (Å²) < 4.78 is 79.5. The Kier molecular flexibility index (Phi) is 12.5. The molecule has 2 aromatic rings. The third kappa shape index (κ3) is 15.6. The Balaban J connectivity index is 0.000000574. The normalized spacial score (nSPS) is 10.7. The van der Waals surface area contributed by atoms with Crippen LogP contribution in [-0.2, 0) is 6.54 Å². The summed E-state index contributed by atoms with van der Waals surface area (Å²) in [5.74, 6) is -0.163. The van der Waals surface area contributed by atoms with Crippen molar-refractivity contribution in [1.29, 1.82) is 0 Å². The fourth-order valence-corrected chi connectivity index (χ4v) is 1.73. The summed E-state index contributed by atoms with van der Waals surface area (Å²) in [6.07, 6.45) is -6.04. The maximum Gasteiger partial charge on any atom is 0.422 e. The van der Waals surface area contributed by atoms with Gasteiger partial charge < -0.3 is 20.5 Å². The lowest BCUT2D eigenvalue weighted by atomic mass is 10.2. The second kappa shape index (κ2) is 13.9. The van der Waals surface area contributed by atoms with Crippen LogP contribution in [-0.4, -0.2) is 41.6 Å². The number of halogens is 6. The van der Waals surface area contributed by atoms with E-state index in [1.165, 1.54) is 30.6 Å². The largest absolute Gasteiger partial charge is 0.468 e. The molecule has 0 saturated carbocycles. The number of nitrogens with one attached hydrogen (secondary N) is 1. The molecular formula is C19H24F6N4O3. The van der Waals surface area contributed by atoms with Gasteiger partial charge >= 0.3 is 18.4 Å². The number of nitrogens with zero attached hydrogens (tertiary/aromatic N) is 2. The first kappa shape index (κ1) is 28.8. The first-order valence-corrected chi connectivity index (χ1v) is 9.14. The van der Waals surface area contributed by atoms with Crippen molar-refractivity contribution in [2.45, 2.75) is 39.7 Å². The van der Waals surface area contributed by atoms with Crippen LogP contribution in [0.15, 0.2) is 36.7 Å². The minimum atomic E-state index is -4.41. The summed E-state index contributed by atoms with van der Waals surface area (Å²) in [5.41, 5.74) is 6.20. The molecule has 3 N–H and O–H groups in total.